The Hall–Kier alpha value is -1.48. The average Bonchev–Trinajstić information content (AvgIpc) is 3.38. The van der Waals surface area contributed by atoms with E-state index in [-0.39, 0.29) is 30.0 Å². The van der Waals surface area contributed by atoms with Gasteiger partial charge < -0.3 is 19.6 Å². The van der Waals surface area contributed by atoms with Crippen LogP contribution in [0.15, 0.2) is 52.3 Å². The lowest BCUT2D eigenvalue weighted by atomic mass is 10.2. The van der Waals surface area contributed by atoms with E-state index in [4.69, 9.17) is 9.41 Å². The van der Waals surface area contributed by atoms with Crippen LogP contribution in [0.5, 0.6) is 0 Å². The Morgan fingerprint density at radius 2 is 1.96 bits per heavy atom. The van der Waals surface area contributed by atoms with E-state index < -0.39 is 0 Å². The fourth-order valence-electron chi connectivity index (χ4n) is 3.26. The smallest absolute Gasteiger partial charge is 0.191 e. The number of aliphatic imine (C=N–C) groups is 1. The molecular formula is C19H30IN5O. The van der Waals surface area contributed by atoms with Gasteiger partial charge in [-0.1, -0.05) is 0 Å². The standard InChI is InChI=1S/C19H29N5O.HI/c1-2-20-19(21-9-14-23-10-3-4-11-23)22-16-17(18-8-7-15-25-18)24-12-5-6-13-24;/h3-4,7-8,10-11,15,17H,2,5-6,9,12-14,16H2,1H3,(H2,20,21,22);1H. The predicted octanol–water partition coefficient (Wildman–Crippen LogP) is 3.09. The second-order valence-electron chi connectivity index (χ2n) is 6.34. The quantitative estimate of drug-likeness (QED) is 0.353. The molecule has 6 nitrogen and oxygen atoms in total. The van der Waals surface area contributed by atoms with Crippen molar-refractivity contribution in [2.45, 2.75) is 32.4 Å². The third kappa shape index (κ3) is 6.05. The van der Waals surface area contributed by atoms with Crippen molar-refractivity contribution in [2.75, 3.05) is 32.7 Å². The zero-order chi connectivity index (χ0) is 17.3. The van der Waals surface area contributed by atoms with Gasteiger partial charge in [-0.2, -0.15) is 0 Å². The van der Waals surface area contributed by atoms with Crippen LogP contribution < -0.4 is 10.6 Å². The number of hydrogen-bond acceptors (Lipinski definition) is 3. The lowest BCUT2D eigenvalue weighted by Gasteiger charge is -2.24. The van der Waals surface area contributed by atoms with Crippen molar-refractivity contribution in [1.82, 2.24) is 20.1 Å². The van der Waals surface area contributed by atoms with Gasteiger partial charge in [0.25, 0.3) is 0 Å². The number of guanidine groups is 1. The summed E-state index contributed by atoms with van der Waals surface area (Å²) in [6, 6.07) is 8.33. The zero-order valence-electron chi connectivity index (χ0n) is 15.4. The fourth-order valence-corrected chi connectivity index (χ4v) is 3.26. The molecule has 1 saturated heterocycles. The van der Waals surface area contributed by atoms with E-state index in [0.717, 1.165) is 44.4 Å². The molecule has 1 aliphatic heterocycles. The van der Waals surface area contributed by atoms with Gasteiger partial charge in [-0.3, -0.25) is 9.89 Å². The summed E-state index contributed by atoms with van der Waals surface area (Å²) < 4.78 is 7.83. The number of rotatable bonds is 8. The molecule has 0 spiro atoms. The Labute approximate surface area is 173 Å². The van der Waals surface area contributed by atoms with E-state index in [1.165, 1.54) is 12.8 Å². The first-order valence-electron chi connectivity index (χ1n) is 9.27. The van der Waals surface area contributed by atoms with Gasteiger partial charge in [-0.05, 0) is 57.1 Å². The number of hydrogen-bond donors (Lipinski definition) is 2. The summed E-state index contributed by atoms with van der Waals surface area (Å²) in [6.07, 6.45) is 8.42. The Morgan fingerprint density at radius 1 is 1.19 bits per heavy atom. The van der Waals surface area contributed by atoms with Crippen molar-refractivity contribution >= 4 is 29.9 Å². The van der Waals surface area contributed by atoms with Crippen LogP contribution in [0.3, 0.4) is 0 Å². The molecule has 2 aromatic rings. The Kier molecular flexibility index (Phi) is 9.04. The van der Waals surface area contributed by atoms with Gasteiger partial charge in [-0.15, -0.1) is 24.0 Å². The summed E-state index contributed by atoms with van der Waals surface area (Å²) in [4.78, 5) is 7.29. The molecular weight excluding hydrogens is 441 g/mol. The maximum atomic E-state index is 5.68. The zero-order valence-corrected chi connectivity index (χ0v) is 17.8. The summed E-state index contributed by atoms with van der Waals surface area (Å²) in [5, 5.41) is 6.75. The number of nitrogens with zero attached hydrogens (tertiary/aromatic N) is 3. The van der Waals surface area contributed by atoms with Crippen molar-refractivity contribution in [3.05, 3.63) is 48.7 Å². The molecule has 0 bridgehead atoms. The van der Waals surface area contributed by atoms with Crippen LogP contribution in [-0.4, -0.2) is 48.2 Å². The molecule has 1 fully saturated rings. The van der Waals surface area contributed by atoms with Crippen molar-refractivity contribution in [1.29, 1.82) is 0 Å². The van der Waals surface area contributed by atoms with Crippen LogP contribution in [0.1, 0.15) is 31.6 Å². The lowest BCUT2D eigenvalue weighted by Crippen LogP contribution is -2.39. The van der Waals surface area contributed by atoms with Crippen LogP contribution in [0.2, 0.25) is 0 Å². The third-order valence-electron chi connectivity index (χ3n) is 4.55. The van der Waals surface area contributed by atoms with Gasteiger partial charge in [0.2, 0.25) is 0 Å². The molecule has 1 unspecified atom stereocenters. The molecule has 1 aliphatic rings. The first-order chi connectivity index (χ1) is 12.4. The summed E-state index contributed by atoms with van der Waals surface area (Å²) in [6.45, 7) is 7.66. The molecule has 0 amide bonds. The number of furan rings is 1. The molecule has 0 radical (unpaired) electrons. The maximum absolute atomic E-state index is 5.68. The van der Waals surface area contributed by atoms with Gasteiger partial charge in [0, 0.05) is 32.0 Å². The Balaban J connectivity index is 0.00000243. The highest BCUT2D eigenvalue weighted by Crippen LogP contribution is 2.25. The van der Waals surface area contributed by atoms with Crippen molar-refractivity contribution in [3.63, 3.8) is 0 Å². The van der Waals surface area contributed by atoms with Crippen molar-refractivity contribution < 1.29 is 4.42 Å². The second kappa shape index (κ2) is 11.3. The monoisotopic (exact) mass is 471 g/mol. The molecule has 3 rings (SSSR count). The van der Waals surface area contributed by atoms with E-state index in [1.807, 2.05) is 18.2 Å². The Morgan fingerprint density at radius 3 is 2.62 bits per heavy atom. The van der Waals surface area contributed by atoms with Gasteiger partial charge in [0.05, 0.1) is 18.8 Å². The van der Waals surface area contributed by atoms with Crippen LogP contribution in [0.4, 0.5) is 0 Å². The van der Waals surface area contributed by atoms with Crippen LogP contribution in [0.25, 0.3) is 0 Å². The van der Waals surface area contributed by atoms with E-state index in [9.17, 15) is 0 Å². The summed E-state index contributed by atoms with van der Waals surface area (Å²) >= 11 is 0. The van der Waals surface area contributed by atoms with Crippen molar-refractivity contribution in [3.8, 4) is 0 Å². The number of halogens is 1. The van der Waals surface area contributed by atoms with Crippen molar-refractivity contribution in [2.24, 2.45) is 4.99 Å². The van der Waals surface area contributed by atoms with Gasteiger partial charge >= 0.3 is 0 Å². The lowest BCUT2D eigenvalue weighted by molar-refractivity contribution is 0.221. The maximum Gasteiger partial charge on any atom is 0.191 e. The molecule has 3 heterocycles. The molecule has 2 N–H and O–H groups in total. The highest BCUT2D eigenvalue weighted by Gasteiger charge is 2.25. The minimum atomic E-state index is 0. The van der Waals surface area contributed by atoms with Gasteiger partial charge in [0.1, 0.15) is 5.76 Å². The molecule has 1 atom stereocenters. The largest absolute Gasteiger partial charge is 0.468 e. The molecule has 0 saturated carbocycles. The molecule has 26 heavy (non-hydrogen) atoms. The van der Waals surface area contributed by atoms with E-state index in [1.54, 1.807) is 6.26 Å². The number of aromatic nitrogens is 1. The molecule has 2 aromatic heterocycles. The van der Waals surface area contributed by atoms with E-state index in [0.29, 0.717) is 6.54 Å². The van der Waals surface area contributed by atoms with Gasteiger partial charge in [0.15, 0.2) is 5.96 Å². The first kappa shape index (κ1) is 20.8. The van der Waals surface area contributed by atoms with E-state index >= 15 is 0 Å². The van der Waals surface area contributed by atoms with E-state index in [2.05, 4.69) is 45.5 Å². The second-order valence-corrected chi connectivity index (χ2v) is 6.34. The number of nitrogens with one attached hydrogen (secondary N) is 2. The first-order valence-corrected chi connectivity index (χ1v) is 9.27. The number of likely N-dealkylation sites (tertiary alicyclic amines) is 1. The SMILES string of the molecule is CCNC(=NCC(c1ccco1)N1CCCC1)NCCn1cccc1.I. The van der Waals surface area contributed by atoms with Gasteiger partial charge in [-0.25, -0.2) is 0 Å². The summed E-state index contributed by atoms with van der Waals surface area (Å²) in [7, 11) is 0. The van der Waals surface area contributed by atoms with Crippen LogP contribution in [-0.2, 0) is 6.54 Å². The Bertz CT molecular complexity index is 620. The molecule has 144 valence electrons. The summed E-state index contributed by atoms with van der Waals surface area (Å²) in [5.74, 6) is 1.87. The third-order valence-corrected chi connectivity index (χ3v) is 4.55. The summed E-state index contributed by atoms with van der Waals surface area (Å²) in [5.41, 5.74) is 0. The fraction of sp³-hybridized carbons (Fsp3) is 0.526. The molecule has 0 aliphatic carbocycles. The molecule has 0 aromatic carbocycles. The molecule has 7 heteroatoms. The minimum absolute atomic E-state index is 0. The highest BCUT2D eigenvalue weighted by molar-refractivity contribution is 14.0. The highest BCUT2D eigenvalue weighted by atomic mass is 127. The normalized spacial score (nSPS) is 16.3. The minimum Gasteiger partial charge on any atom is -0.468 e. The average molecular weight is 471 g/mol. The predicted molar refractivity (Wildman–Crippen MR) is 116 cm³/mol. The topological polar surface area (TPSA) is 57.7 Å². The van der Waals surface area contributed by atoms with Crippen LogP contribution in [0, 0.1) is 0 Å². The van der Waals surface area contributed by atoms with Crippen LogP contribution >= 0.6 is 24.0 Å².